The molecule has 1 saturated heterocycles. The van der Waals surface area contributed by atoms with Crippen LogP contribution >= 0.6 is 0 Å². The van der Waals surface area contributed by atoms with Crippen LogP contribution in [0.25, 0.3) is 0 Å². The molecule has 1 N–H and O–H groups in total. The van der Waals surface area contributed by atoms with Gasteiger partial charge in [-0.05, 0) is 32.6 Å². The van der Waals surface area contributed by atoms with Crippen molar-refractivity contribution in [3.63, 3.8) is 0 Å². The van der Waals surface area contributed by atoms with E-state index < -0.39 is 29.5 Å². The highest BCUT2D eigenvalue weighted by molar-refractivity contribution is 6.09. The summed E-state index contributed by atoms with van der Waals surface area (Å²) in [6, 6.07) is -1.53. The number of hydrogen-bond donors (Lipinski definition) is 1. The minimum Gasteiger partial charge on any atom is -0.480 e. The number of carbonyl (C=O) groups is 4. The van der Waals surface area contributed by atoms with Crippen molar-refractivity contribution in [3.8, 4) is 0 Å². The van der Waals surface area contributed by atoms with Gasteiger partial charge in [0, 0.05) is 13.1 Å². The Labute approximate surface area is 146 Å². The first kappa shape index (κ1) is 17.7. The monoisotopic (exact) mass is 351 g/mol. The Morgan fingerprint density at radius 1 is 1.24 bits per heavy atom. The highest BCUT2D eigenvalue weighted by Crippen LogP contribution is 2.39. The lowest BCUT2D eigenvalue weighted by atomic mass is 9.81. The van der Waals surface area contributed by atoms with Crippen LogP contribution < -0.4 is 0 Å². The minimum atomic E-state index is -1.08. The Morgan fingerprint density at radius 3 is 2.36 bits per heavy atom. The van der Waals surface area contributed by atoms with Crippen molar-refractivity contribution in [2.45, 2.75) is 69.5 Å². The fourth-order valence-electron chi connectivity index (χ4n) is 4.10. The molecule has 8 nitrogen and oxygen atoms in total. The van der Waals surface area contributed by atoms with Crippen molar-refractivity contribution in [2.75, 3.05) is 13.6 Å². The van der Waals surface area contributed by atoms with E-state index >= 15 is 0 Å². The van der Waals surface area contributed by atoms with E-state index in [9.17, 15) is 24.3 Å². The second-order valence-electron chi connectivity index (χ2n) is 7.37. The first-order valence-electron chi connectivity index (χ1n) is 8.93. The maximum atomic E-state index is 12.9. The average Bonchev–Trinajstić information content (AvgIpc) is 3.40. The van der Waals surface area contributed by atoms with Crippen molar-refractivity contribution >= 4 is 23.8 Å². The van der Waals surface area contributed by atoms with Gasteiger partial charge in [-0.1, -0.05) is 19.3 Å². The van der Waals surface area contributed by atoms with Crippen molar-refractivity contribution in [1.29, 1.82) is 0 Å². The van der Waals surface area contributed by atoms with E-state index in [0.717, 1.165) is 37.0 Å². The zero-order valence-electron chi connectivity index (χ0n) is 14.7. The van der Waals surface area contributed by atoms with E-state index in [4.69, 9.17) is 0 Å². The first-order valence-corrected chi connectivity index (χ1v) is 8.93. The molecule has 0 radical (unpaired) electrons. The number of amides is 4. The molecule has 2 aliphatic carbocycles. The highest BCUT2D eigenvalue weighted by atomic mass is 16.4. The van der Waals surface area contributed by atoms with E-state index in [1.807, 2.05) is 0 Å². The van der Waals surface area contributed by atoms with Gasteiger partial charge in [-0.2, -0.15) is 0 Å². The predicted octanol–water partition coefficient (Wildman–Crippen LogP) is 1.05. The fourth-order valence-corrected chi connectivity index (χ4v) is 4.10. The van der Waals surface area contributed by atoms with Crippen LogP contribution in [-0.2, 0) is 14.4 Å². The van der Waals surface area contributed by atoms with Crippen molar-refractivity contribution in [3.05, 3.63) is 0 Å². The molecule has 2 saturated carbocycles. The lowest BCUT2D eigenvalue weighted by Gasteiger charge is -2.35. The van der Waals surface area contributed by atoms with Crippen LogP contribution in [-0.4, -0.2) is 74.8 Å². The van der Waals surface area contributed by atoms with E-state index in [2.05, 4.69) is 0 Å². The maximum absolute atomic E-state index is 12.9. The van der Waals surface area contributed by atoms with Crippen molar-refractivity contribution in [2.24, 2.45) is 0 Å². The molecule has 3 aliphatic rings. The molecular formula is C17H25N3O5. The summed E-state index contributed by atoms with van der Waals surface area (Å²) in [6.45, 7) is 1.08. The van der Waals surface area contributed by atoms with E-state index in [1.54, 1.807) is 7.05 Å². The highest BCUT2D eigenvalue weighted by Gasteiger charge is 2.56. The number of carboxylic acids is 1. The number of aliphatic carboxylic acids is 1. The molecule has 0 aromatic rings. The van der Waals surface area contributed by atoms with Crippen LogP contribution in [0.5, 0.6) is 0 Å². The zero-order valence-corrected chi connectivity index (χ0v) is 14.7. The van der Waals surface area contributed by atoms with Crippen molar-refractivity contribution < 1.29 is 24.3 Å². The largest absolute Gasteiger partial charge is 0.480 e. The van der Waals surface area contributed by atoms with Gasteiger partial charge in [0.1, 0.15) is 18.1 Å². The van der Waals surface area contributed by atoms with Gasteiger partial charge in [-0.3, -0.25) is 14.5 Å². The van der Waals surface area contributed by atoms with Gasteiger partial charge in [-0.25, -0.2) is 9.59 Å². The Balaban J connectivity index is 1.77. The number of carboxylic acid groups (broad SMARTS) is 1. The minimum absolute atomic E-state index is 0.104. The third-order valence-electron chi connectivity index (χ3n) is 5.78. The van der Waals surface area contributed by atoms with Gasteiger partial charge in [0.2, 0.25) is 5.91 Å². The standard InChI is InChI=1S/C17H25N3O5/c1-11(14(22)23)20(12-6-7-12)13(21)10-19-15(24)17(18(2)16(19)25)8-4-3-5-9-17/h11-12H,3-10H2,1-2H3,(H,22,23). The molecule has 0 aromatic heterocycles. The molecule has 0 aromatic carbocycles. The van der Waals surface area contributed by atoms with Gasteiger partial charge in [0.25, 0.3) is 5.91 Å². The lowest BCUT2D eigenvalue weighted by Crippen LogP contribution is -2.51. The number of hydrogen-bond acceptors (Lipinski definition) is 4. The van der Waals surface area contributed by atoms with Crippen LogP contribution in [0.2, 0.25) is 0 Å². The summed E-state index contributed by atoms with van der Waals surface area (Å²) in [5, 5.41) is 9.23. The summed E-state index contributed by atoms with van der Waals surface area (Å²) in [7, 11) is 1.62. The molecule has 4 amide bonds. The van der Waals surface area contributed by atoms with Gasteiger partial charge >= 0.3 is 12.0 Å². The van der Waals surface area contributed by atoms with Gasteiger partial charge in [0.15, 0.2) is 0 Å². The van der Waals surface area contributed by atoms with Crippen LogP contribution in [0.4, 0.5) is 4.79 Å². The smallest absolute Gasteiger partial charge is 0.327 e. The normalized spacial score (nSPS) is 23.9. The van der Waals surface area contributed by atoms with Gasteiger partial charge < -0.3 is 14.9 Å². The van der Waals surface area contributed by atoms with Crippen LogP contribution in [0, 0.1) is 0 Å². The summed E-state index contributed by atoms with van der Waals surface area (Å²) in [5.74, 6) is -1.87. The summed E-state index contributed by atoms with van der Waals surface area (Å²) in [5.41, 5.74) is -0.821. The van der Waals surface area contributed by atoms with Gasteiger partial charge in [0.05, 0.1) is 0 Å². The molecule has 3 fully saturated rings. The van der Waals surface area contributed by atoms with E-state index in [0.29, 0.717) is 12.8 Å². The number of rotatable bonds is 5. The average molecular weight is 351 g/mol. The molecule has 1 aliphatic heterocycles. The second-order valence-corrected chi connectivity index (χ2v) is 7.37. The number of likely N-dealkylation sites (N-methyl/N-ethyl adjacent to an activating group) is 1. The lowest BCUT2D eigenvalue weighted by molar-refractivity contribution is -0.151. The van der Waals surface area contributed by atoms with Crippen molar-refractivity contribution in [1.82, 2.24) is 14.7 Å². The summed E-state index contributed by atoms with van der Waals surface area (Å²) < 4.78 is 0. The molecule has 138 valence electrons. The molecule has 8 heteroatoms. The Morgan fingerprint density at radius 2 is 1.84 bits per heavy atom. The molecule has 1 unspecified atom stereocenters. The summed E-state index contributed by atoms with van der Waals surface area (Å²) in [6.07, 6.45) is 5.57. The van der Waals surface area contributed by atoms with Crippen LogP contribution in [0.3, 0.4) is 0 Å². The molecule has 25 heavy (non-hydrogen) atoms. The molecule has 1 spiro atoms. The third kappa shape index (κ3) is 2.87. The number of urea groups is 1. The quantitative estimate of drug-likeness (QED) is 0.747. The number of nitrogens with zero attached hydrogens (tertiary/aromatic N) is 3. The Bertz CT molecular complexity index is 609. The van der Waals surface area contributed by atoms with Crippen LogP contribution in [0.1, 0.15) is 51.9 Å². The summed E-state index contributed by atoms with van der Waals surface area (Å²) >= 11 is 0. The molecule has 1 atom stereocenters. The predicted molar refractivity (Wildman–Crippen MR) is 87.7 cm³/mol. The molecule has 3 rings (SSSR count). The summed E-state index contributed by atoms with van der Waals surface area (Å²) in [4.78, 5) is 53.3. The number of imide groups is 1. The topological polar surface area (TPSA) is 98.2 Å². The maximum Gasteiger partial charge on any atom is 0.327 e. The zero-order chi connectivity index (χ0) is 18.4. The SMILES string of the molecule is CC(C(=O)O)N(C(=O)CN1C(=O)N(C)C2(CCCCC2)C1=O)C1CC1. The third-order valence-corrected chi connectivity index (χ3v) is 5.78. The molecule has 1 heterocycles. The molecular weight excluding hydrogens is 326 g/mol. The Kier molecular flexibility index (Phi) is 4.47. The second kappa shape index (κ2) is 6.31. The Hall–Kier alpha value is -2.12. The molecule has 0 bridgehead atoms. The van der Waals surface area contributed by atoms with E-state index in [1.165, 1.54) is 16.7 Å². The van der Waals surface area contributed by atoms with Crippen LogP contribution in [0.15, 0.2) is 0 Å². The number of carbonyl (C=O) groups excluding carboxylic acids is 3. The van der Waals surface area contributed by atoms with E-state index in [-0.39, 0.29) is 18.5 Å². The first-order chi connectivity index (χ1) is 11.8. The van der Waals surface area contributed by atoms with Gasteiger partial charge in [-0.15, -0.1) is 0 Å². The fraction of sp³-hybridized carbons (Fsp3) is 0.765.